The number of anilines is 1. The van der Waals surface area contributed by atoms with Crippen LogP contribution in [0.15, 0.2) is 52.3 Å². The zero-order chi connectivity index (χ0) is 24.4. The van der Waals surface area contributed by atoms with E-state index in [4.69, 9.17) is 9.88 Å². The van der Waals surface area contributed by atoms with Crippen molar-refractivity contribution in [1.82, 2.24) is 4.31 Å². The van der Waals surface area contributed by atoms with E-state index in [0.717, 1.165) is 9.87 Å². The van der Waals surface area contributed by atoms with Gasteiger partial charge in [0.1, 0.15) is 6.04 Å². The SMILES string of the molecule is Cc1ccc(S(=O)(=O)N2CCC[C@H]2C(=O)OCC(=O)Nc2ccc(C)c(S(N)(=O)=O)c2)cc1. The van der Waals surface area contributed by atoms with E-state index in [1.54, 1.807) is 19.1 Å². The number of ether oxygens (including phenoxy) is 1. The van der Waals surface area contributed by atoms with E-state index in [2.05, 4.69) is 5.32 Å². The summed E-state index contributed by atoms with van der Waals surface area (Å²) < 4.78 is 55.3. The van der Waals surface area contributed by atoms with Crippen LogP contribution in [0.3, 0.4) is 0 Å². The van der Waals surface area contributed by atoms with Crippen LogP contribution in [0.1, 0.15) is 24.0 Å². The number of esters is 1. The molecule has 1 fully saturated rings. The van der Waals surface area contributed by atoms with E-state index in [9.17, 15) is 26.4 Å². The van der Waals surface area contributed by atoms with Crippen LogP contribution in [0.4, 0.5) is 5.69 Å². The summed E-state index contributed by atoms with van der Waals surface area (Å²) in [5.74, 6) is -1.54. The Labute approximate surface area is 192 Å². The number of rotatable bonds is 7. The number of carbonyl (C=O) groups excluding carboxylic acids is 2. The van der Waals surface area contributed by atoms with E-state index < -0.39 is 44.6 Å². The van der Waals surface area contributed by atoms with E-state index >= 15 is 0 Å². The van der Waals surface area contributed by atoms with E-state index in [1.807, 2.05) is 6.92 Å². The minimum atomic E-state index is -3.97. The number of hydrogen-bond donors (Lipinski definition) is 2. The molecule has 0 unspecified atom stereocenters. The van der Waals surface area contributed by atoms with Crippen LogP contribution in [0.5, 0.6) is 0 Å². The van der Waals surface area contributed by atoms with Gasteiger partial charge in [-0.1, -0.05) is 23.8 Å². The highest BCUT2D eigenvalue weighted by atomic mass is 32.2. The van der Waals surface area contributed by atoms with Gasteiger partial charge >= 0.3 is 5.97 Å². The van der Waals surface area contributed by atoms with Crippen LogP contribution in [0, 0.1) is 13.8 Å². The van der Waals surface area contributed by atoms with Crippen molar-refractivity contribution in [2.45, 2.75) is 42.5 Å². The molecule has 33 heavy (non-hydrogen) atoms. The van der Waals surface area contributed by atoms with Crippen LogP contribution in [0.25, 0.3) is 0 Å². The number of nitrogens with zero attached hydrogens (tertiary/aromatic N) is 1. The van der Waals surface area contributed by atoms with Crippen LogP contribution in [0.2, 0.25) is 0 Å². The van der Waals surface area contributed by atoms with Gasteiger partial charge in [0.2, 0.25) is 20.0 Å². The van der Waals surface area contributed by atoms with Gasteiger partial charge in [-0.05, 0) is 56.5 Å². The van der Waals surface area contributed by atoms with Gasteiger partial charge in [0.25, 0.3) is 5.91 Å². The molecule has 3 rings (SSSR count). The van der Waals surface area contributed by atoms with Gasteiger partial charge < -0.3 is 10.1 Å². The number of aryl methyl sites for hydroxylation is 2. The molecule has 0 aliphatic carbocycles. The average Bonchev–Trinajstić information content (AvgIpc) is 3.24. The summed E-state index contributed by atoms with van der Waals surface area (Å²) >= 11 is 0. The average molecular weight is 496 g/mol. The van der Waals surface area contributed by atoms with Crippen LogP contribution in [-0.4, -0.2) is 52.2 Å². The number of benzene rings is 2. The van der Waals surface area contributed by atoms with Crippen molar-refractivity contribution in [1.29, 1.82) is 0 Å². The minimum Gasteiger partial charge on any atom is -0.454 e. The molecule has 1 saturated heterocycles. The van der Waals surface area contributed by atoms with E-state index in [1.165, 1.54) is 30.3 Å². The molecular formula is C21H25N3O7S2. The summed E-state index contributed by atoms with van der Waals surface area (Å²) in [6.07, 6.45) is 0.762. The number of amides is 1. The largest absolute Gasteiger partial charge is 0.454 e. The molecule has 1 heterocycles. The maximum atomic E-state index is 13.0. The molecule has 2 aromatic carbocycles. The molecule has 1 aliphatic heterocycles. The summed E-state index contributed by atoms with van der Waals surface area (Å²) in [7, 11) is -7.87. The predicted octanol–water partition coefficient (Wildman–Crippen LogP) is 1.29. The molecule has 1 atom stereocenters. The number of sulfonamides is 2. The first-order valence-electron chi connectivity index (χ1n) is 10.1. The molecule has 0 spiro atoms. The molecular weight excluding hydrogens is 470 g/mol. The third kappa shape index (κ3) is 5.77. The second-order valence-corrected chi connectivity index (χ2v) is 11.2. The Hall–Kier alpha value is -2.80. The van der Waals surface area contributed by atoms with Gasteiger partial charge in [-0.2, -0.15) is 4.31 Å². The number of hydrogen-bond acceptors (Lipinski definition) is 7. The zero-order valence-corrected chi connectivity index (χ0v) is 19.8. The maximum absolute atomic E-state index is 13.0. The van der Waals surface area contributed by atoms with Gasteiger partial charge in [0.15, 0.2) is 6.61 Å². The lowest BCUT2D eigenvalue weighted by molar-refractivity contribution is -0.150. The Morgan fingerprint density at radius 2 is 1.76 bits per heavy atom. The van der Waals surface area contributed by atoms with Crippen molar-refractivity contribution in [3.8, 4) is 0 Å². The number of carbonyl (C=O) groups is 2. The number of nitrogens with two attached hydrogens (primary N) is 1. The monoisotopic (exact) mass is 495 g/mol. The first kappa shape index (κ1) is 24.8. The highest BCUT2D eigenvalue weighted by Crippen LogP contribution is 2.27. The summed E-state index contributed by atoms with van der Waals surface area (Å²) in [6, 6.07) is 9.45. The fourth-order valence-electron chi connectivity index (χ4n) is 3.52. The Balaban J connectivity index is 1.64. The van der Waals surface area contributed by atoms with Gasteiger partial charge in [-0.25, -0.2) is 22.0 Å². The Kier molecular flexibility index (Phi) is 7.22. The zero-order valence-electron chi connectivity index (χ0n) is 18.1. The smallest absolute Gasteiger partial charge is 0.324 e. The topological polar surface area (TPSA) is 153 Å². The molecule has 3 N–H and O–H groups in total. The lowest BCUT2D eigenvalue weighted by atomic mass is 10.2. The normalized spacial score (nSPS) is 17.0. The molecule has 12 heteroatoms. The lowest BCUT2D eigenvalue weighted by Crippen LogP contribution is -2.42. The van der Waals surface area contributed by atoms with Crippen LogP contribution in [-0.2, 0) is 34.4 Å². The summed E-state index contributed by atoms with van der Waals surface area (Å²) in [5, 5.41) is 7.59. The molecule has 2 aromatic rings. The standard InChI is InChI=1S/C21H25N3O7S2/c1-14-5-9-17(10-6-14)33(29,30)24-11-3-4-18(24)21(26)31-13-20(25)23-16-8-7-15(2)19(12-16)32(22,27)28/h5-10,12,18H,3-4,11,13H2,1-2H3,(H,23,25)(H2,22,27,28)/t18-/m0/s1. The Morgan fingerprint density at radius 3 is 2.39 bits per heavy atom. The summed E-state index contributed by atoms with van der Waals surface area (Å²) in [4.78, 5) is 24.7. The van der Waals surface area contributed by atoms with Crippen LogP contribution < -0.4 is 10.5 Å². The lowest BCUT2D eigenvalue weighted by Gasteiger charge is -2.22. The van der Waals surface area contributed by atoms with Crippen molar-refractivity contribution in [3.05, 3.63) is 53.6 Å². The number of nitrogens with one attached hydrogen (secondary N) is 1. The minimum absolute atomic E-state index is 0.0792. The second-order valence-electron chi connectivity index (χ2n) is 7.77. The summed E-state index contributed by atoms with van der Waals surface area (Å²) in [6.45, 7) is 2.91. The predicted molar refractivity (Wildman–Crippen MR) is 120 cm³/mol. The second kappa shape index (κ2) is 9.59. The Bertz CT molecular complexity index is 1270. The van der Waals surface area contributed by atoms with Gasteiger partial charge in [0, 0.05) is 12.2 Å². The molecule has 0 saturated carbocycles. The third-order valence-corrected chi connectivity index (χ3v) is 8.20. The van der Waals surface area contributed by atoms with Crippen LogP contribution >= 0.6 is 0 Å². The van der Waals surface area contributed by atoms with Gasteiger partial charge in [-0.15, -0.1) is 0 Å². The fourth-order valence-corrected chi connectivity index (χ4v) is 5.98. The number of primary sulfonamides is 1. The van der Waals surface area contributed by atoms with Crippen molar-refractivity contribution in [3.63, 3.8) is 0 Å². The summed E-state index contributed by atoms with van der Waals surface area (Å²) in [5.41, 5.74) is 1.48. The molecule has 0 aromatic heterocycles. The van der Waals surface area contributed by atoms with Crippen molar-refractivity contribution in [2.24, 2.45) is 5.14 Å². The van der Waals surface area contributed by atoms with Crippen molar-refractivity contribution < 1.29 is 31.2 Å². The third-order valence-electron chi connectivity index (χ3n) is 5.23. The van der Waals surface area contributed by atoms with E-state index in [0.29, 0.717) is 12.0 Å². The quantitative estimate of drug-likeness (QED) is 0.549. The molecule has 0 bridgehead atoms. The first-order valence-corrected chi connectivity index (χ1v) is 13.1. The maximum Gasteiger partial charge on any atom is 0.324 e. The van der Waals surface area contributed by atoms with Crippen molar-refractivity contribution >= 4 is 37.6 Å². The first-order chi connectivity index (χ1) is 15.4. The molecule has 178 valence electrons. The van der Waals surface area contributed by atoms with Gasteiger partial charge in [-0.3, -0.25) is 9.59 Å². The fraction of sp³-hybridized carbons (Fsp3) is 0.333. The molecule has 1 amide bonds. The van der Waals surface area contributed by atoms with Gasteiger partial charge in [0.05, 0.1) is 9.79 Å². The molecule has 0 radical (unpaired) electrons. The Morgan fingerprint density at radius 1 is 1.09 bits per heavy atom. The highest BCUT2D eigenvalue weighted by Gasteiger charge is 2.40. The van der Waals surface area contributed by atoms with Crippen molar-refractivity contribution in [2.75, 3.05) is 18.5 Å². The molecule has 1 aliphatic rings. The highest BCUT2D eigenvalue weighted by molar-refractivity contribution is 7.89. The molecule has 10 nitrogen and oxygen atoms in total. The van der Waals surface area contributed by atoms with E-state index in [-0.39, 0.29) is 28.4 Å².